The van der Waals surface area contributed by atoms with Gasteiger partial charge in [-0.05, 0) is 18.9 Å². The molecule has 92 valence electrons. The van der Waals surface area contributed by atoms with Crippen molar-refractivity contribution in [3.05, 3.63) is 18.0 Å². The number of carbonyl (C=O) groups excluding carboxylic acids is 1. The number of amides is 1. The molecule has 1 aromatic rings. The van der Waals surface area contributed by atoms with E-state index in [-0.39, 0.29) is 5.69 Å². The highest BCUT2D eigenvalue weighted by Gasteiger charge is 2.42. The Kier molecular flexibility index (Phi) is 2.87. The molecule has 0 aromatic carbocycles. The fraction of sp³-hybridized carbons (Fsp3) is 0.545. The Morgan fingerprint density at radius 3 is 2.59 bits per heavy atom. The Hall–Kier alpha value is -1.85. The second-order valence-electron chi connectivity index (χ2n) is 4.42. The molecule has 17 heavy (non-hydrogen) atoms. The van der Waals surface area contributed by atoms with E-state index in [1.165, 1.54) is 4.68 Å². The summed E-state index contributed by atoms with van der Waals surface area (Å²) in [7, 11) is 1.71. The molecule has 2 N–H and O–H groups in total. The molecule has 1 heterocycles. The highest BCUT2D eigenvalue weighted by Crippen LogP contribution is 2.30. The van der Waals surface area contributed by atoms with Crippen molar-refractivity contribution in [2.75, 3.05) is 0 Å². The van der Waals surface area contributed by atoms with Crippen molar-refractivity contribution in [1.82, 2.24) is 15.1 Å². The third kappa shape index (κ3) is 2.15. The van der Waals surface area contributed by atoms with Gasteiger partial charge >= 0.3 is 5.97 Å². The first-order valence-corrected chi connectivity index (χ1v) is 5.59. The lowest BCUT2D eigenvalue weighted by molar-refractivity contribution is -0.144. The first-order chi connectivity index (χ1) is 8.03. The molecule has 6 heteroatoms. The normalized spacial score (nSPS) is 17.9. The molecule has 0 saturated heterocycles. The molecule has 1 amide bonds. The lowest BCUT2D eigenvalue weighted by atomic mass is 9.97. The molecule has 1 aromatic heterocycles. The molecule has 0 bridgehead atoms. The number of hydrogen-bond donors (Lipinski definition) is 2. The highest BCUT2D eigenvalue weighted by molar-refractivity contribution is 5.96. The average molecular weight is 237 g/mol. The summed E-state index contributed by atoms with van der Waals surface area (Å²) in [4.78, 5) is 23.1. The van der Waals surface area contributed by atoms with Gasteiger partial charge in [0.05, 0.1) is 0 Å². The van der Waals surface area contributed by atoms with Crippen LogP contribution in [0.3, 0.4) is 0 Å². The Morgan fingerprint density at radius 1 is 1.47 bits per heavy atom. The van der Waals surface area contributed by atoms with Gasteiger partial charge in [-0.15, -0.1) is 0 Å². The minimum Gasteiger partial charge on any atom is -0.480 e. The Morgan fingerprint density at radius 2 is 2.12 bits per heavy atom. The van der Waals surface area contributed by atoms with Gasteiger partial charge in [0.25, 0.3) is 5.91 Å². The van der Waals surface area contributed by atoms with E-state index in [2.05, 4.69) is 10.4 Å². The fourth-order valence-electron chi connectivity index (χ4n) is 2.19. The maximum absolute atomic E-state index is 11.9. The Bertz CT molecular complexity index is 447. The number of carboxylic acid groups (broad SMARTS) is 1. The van der Waals surface area contributed by atoms with Crippen LogP contribution in [0.25, 0.3) is 0 Å². The van der Waals surface area contributed by atoms with E-state index in [0.29, 0.717) is 12.8 Å². The molecule has 1 saturated carbocycles. The number of hydrogen-bond acceptors (Lipinski definition) is 3. The van der Waals surface area contributed by atoms with Gasteiger partial charge in [0.2, 0.25) is 0 Å². The summed E-state index contributed by atoms with van der Waals surface area (Å²) < 4.78 is 1.51. The van der Waals surface area contributed by atoms with Gasteiger partial charge in [-0.3, -0.25) is 9.48 Å². The summed E-state index contributed by atoms with van der Waals surface area (Å²) >= 11 is 0. The van der Waals surface area contributed by atoms with Crippen LogP contribution in [0.15, 0.2) is 12.3 Å². The topological polar surface area (TPSA) is 84.2 Å². The number of aromatic nitrogens is 2. The molecule has 0 radical (unpaired) electrons. The van der Waals surface area contributed by atoms with Crippen molar-refractivity contribution in [1.29, 1.82) is 0 Å². The predicted octanol–water partition coefficient (Wildman–Crippen LogP) is 0.547. The lowest BCUT2D eigenvalue weighted by Crippen LogP contribution is -2.52. The summed E-state index contributed by atoms with van der Waals surface area (Å²) in [5.74, 6) is -1.38. The molecule has 1 aliphatic carbocycles. The van der Waals surface area contributed by atoms with Crippen LogP contribution in [0.5, 0.6) is 0 Å². The maximum atomic E-state index is 11.9. The van der Waals surface area contributed by atoms with Crippen molar-refractivity contribution < 1.29 is 14.7 Å². The van der Waals surface area contributed by atoms with Crippen molar-refractivity contribution >= 4 is 11.9 Å². The van der Waals surface area contributed by atoms with E-state index in [9.17, 15) is 14.7 Å². The second kappa shape index (κ2) is 4.20. The van der Waals surface area contributed by atoms with Gasteiger partial charge in [-0.2, -0.15) is 5.10 Å². The molecule has 6 nitrogen and oxygen atoms in total. The zero-order valence-corrected chi connectivity index (χ0v) is 9.64. The van der Waals surface area contributed by atoms with Crippen LogP contribution in [0.4, 0.5) is 0 Å². The van der Waals surface area contributed by atoms with Gasteiger partial charge in [0, 0.05) is 13.2 Å². The van der Waals surface area contributed by atoms with Gasteiger partial charge in [-0.25, -0.2) is 4.79 Å². The van der Waals surface area contributed by atoms with Crippen molar-refractivity contribution in [3.63, 3.8) is 0 Å². The van der Waals surface area contributed by atoms with Crippen LogP contribution in [-0.2, 0) is 11.8 Å². The van der Waals surface area contributed by atoms with Crippen LogP contribution in [0.2, 0.25) is 0 Å². The summed E-state index contributed by atoms with van der Waals surface area (Å²) in [6, 6.07) is 1.57. The van der Waals surface area contributed by atoms with E-state index >= 15 is 0 Å². The van der Waals surface area contributed by atoms with Crippen molar-refractivity contribution in [3.8, 4) is 0 Å². The molecule has 0 atom stereocenters. The van der Waals surface area contributed by atoms with Gasteiger partial charge in [-0.1, -0.05) is 12.8 Å². The standard InChI is InChI=1S/C11H15N3O3/c1-14-7-4-8(13-14)9(15)12-11(10(16)17)5-2-3-6-11/h4,7H,2-3,5-6H2,1H3,(H,12,15)(H,16,17). The smallest absolute Gasteiger partial charge is 0.329 e. The molecular weight excluding hydrogens is 222 g/mol. The number of nitrogens with zero attached hydrogens (tertiary/aromatic N) is 2. The molecule has 1 aliphatic rings. The third-order valence-corrected chi connectivity index (χ3v) is 3.17. The number of carbonyl (C=O) groups is 2. The van der Waals surface area contributed by atoms with E-state index < -0.39 is 17.4 Å². The molecule has 2 rings (SSSR count). The van der Waals surface area contributed by atoms with Crippen LogP contribution in [-0.4, -0.2) is 32.3 Å². The van der Waals surface area contributed by atoms with Crippen molar-refractivity contribution in [2.24, 2.45) is 7.05 Å². The Labute approximate surface area is 98.6 Å². The maximum Gasteiger partial charge on any atom is 0.329 e. The van der Waals surface area contributed by atoms with Gasteiger partial charge in [0.15, 0.2) is 0 Å². The first kappa shape index (κ1) is 11.6. The summed E-state index contributed by atoms with van der Waals surface area (Å²) in [5, 5.41) is 15.8. The zero-order valence-electron chi connectivity index (χ0n) is 9.64. The van der Waals surface area contributed by atoms with Crippen LogP contribution < -0.4 is 5.32 Å². The summed E-state index contributed by atoms with van der Waals surface area (Å²) in [5.41, 5.74) is -0.853. The number of rotatable bonds is 3. The van der Waals surface area contributed by atoms with E-state index in [4.69, 9.17) is 0 Å². The largest absolute Gasteiger partial charge is 0.480 e. The molecule has 1 fully saturated rings. The lowest BCUT2D eigenvalue weighted by Gasteiger charge is -2.24. The van der Waals surface area contributed by atoms with Gasteiger partial charge in [0.1, 0.15) is 11.2 Å². The summed E-state index contributed by atoms with van der Waals surface area (Å²) in [6.07, 6.45) is 4.28. The first-order valence-electron chi connectivity index (χ1n) is 5.59. The SMILES string of the molecule is Cn1ccc(C(=O)NC2(C(=O)O)CCCC2)n1. The zero-order chi connectivity index (χ0) is 12.5. The average Bonchev–Trinajstić information content (AvgIpc) is 2.87. The highest BCUT2D eigenvalue weighted by atomic mass is 16.4. The van der Waals surface area contributed by atoms with Crippen LogP contribution in [0.1, 0.15) is 36.2 Å². The summed E-state index contributed by atoms with van der Waals surface area (Å²) in [6.45, 7) is 0. The van der Waals surface area contributed by atoms with Crippen molar-refractivity contribution in [2.45, 2.75) is 31.2 Å². The predicted molar refractivity (Wildman–Crippen MR) is 59.5 cm³/mol. The third-order valence-electron chi connectivity index (χ3n) is 3.17. The van der Waals surface area contributed by atoms with E-state index in [1.54, 1.807) is 19.3 Å². The van der Waals surface area contributed by atoms with Crippen LogP contribution >= 0.6 is 0 Å². The van der Waals surface area contributed by atoms with Crippen LogP contribution in [0, 0.1) is 0 Å². The second-order valence-corrected chi connectivity index (χ2v) is 4.42. The molecule has 0 unspecified atom stereocenters. The number of carboxylic acids is 1. The fourth-order valence-corrected chi connectivity index (χ4v) is 2.19. The van der Waals surface area contributed by atoms with E-state index in [1.807, 2.05) is 0 Å². The Balaban J connectivity index is 2.14. The minimum atomic E-state index is -1.10. The molecular formula is C11H15N3O3. The quantitative estimate of drug-likeness (QED) is 0.804. The number of aliphatic carboxylic acids is 1. The minimum absolute atomic E-state index is 0.250. The van der Waals surface area contributed by atoms with E-state index in [0.717, 1.165) is 12.8 Å². The molecule has 0 aliphatic heterocycles. The molecule has 0 spiro atoms. The number of nitrogens with one attached hydrogen (secondary N) is 1. The van der Waals surface area contributed by atoms with Gasteiger partial charge < -0.3 is 10.4 Å². The number of aryl methyl sites for hydroxylation is 1. The monoisotopic (exact) mass is 237 g/mol.